The van der Waals surface area contributed by atoms with Crippen LogP contribution in [0.25, 0.3) is 0 Å². The first kappa shape index (κ1) is 11.4. The maximum absolute atomic E-state index is 2.57. The standard InChI is InChI=1S/C27H24/c1-2-4-6(5-3-1)25-26-21-15-9-7-8-11-13(9)19(21)23-17(11)18-12(8)14-10(7)16(15)22(26)20(14)24(18)27(23,25)26/h1-5,7-25H/t7?,8?,9-,10-,11-,12+,13?,14?,15-,16+,17+,18+,19?,20?,21-,22+,23+,24-,25?,26?,27?/m1/s1. The summed E-state index contributed by atoms with van der Waals surface area (Å²) >= 11 is 0. The van der Waals surface area contributed by atoms with Crippen LogP contribution >= 0.6 is 0 Å². The van der Waals surface area contributed by atoms with E-state index in [0.717, 1.165) is 16.7 Å². The van der Waals surface area contributed by atoms with E-state index in [1.165, 1.54) is 107 Å². The second kappa shape index (κ2) is 2.55. The summed E-state index contributed by atoms with van der Waals surface area (Å²) in [5, 5.41) is 0. The Morgan fingerprint density at radius 1 is 0.407 bits per heavy atom. The summed E-state index contributed by atoms with van der Waals surface area (Å²) in [5.74, 6) is 23.8. The van der Waals surface area contributed by atoms with E-state index < -0.39 is 0 Å². The molecule has 0 nitrogen and oxygen atoms in total. The first-order valence-electron chi connectivity index (χ1n) is 12.5. The topological polar surface area (TPSA) is 0 Å². The van der Waals surface area contributed by atoms with Gasteiger partial charge in [-0.05, 0) is 129 Å². The van der Waals surface area contributed by atoms with Gasteiger partial charge < -0.3 is 0 Å². The molecule has 0 heterocycles. The molecule has 21 atom stereocenters. The second-order valence-corrected chi connectivity index (χ2v) is 13.9. The van der Waals surface area contributed by atoms with Gasteiger partial charge in [0.15, 0.2) is 0 Å². The lowest BCUT2D eigenvalue weighted by atomic mass is 9.68. The van der Waals surface area contributed by atoms with E-state index in [9.17, 15) is 0 Å². The molecule has 13 aliphatic carbocycles. The fourth-order valence-electron chi connectivity index (χ4n) is 18.2. The molecule has 0 N–H and O–H groups in total. The molecule has 0 saturated heterocycles. The SMILES string of the molecule is c1ccc(C2C34[C@@H]5C6C7[C@H]8C9C%10[C@@H]%11C%12C([C@@H]%13[C@@H]%11[C@H]([C@H]7%10)[C@H]6C2%133)[C@H]4[C@H]([C@H]9%12)[C@H]85)cc1. The van der Waals surface area contributed by atoms with Crippen molar-refractivity contribution >= 4 is 0 Å². The molecule has 9 unspecified atom stereocenters. The van der Waals surface area contributed by atoms with Crippen molar-refractivity contribution in [2.75, 3.05) is 0 Å². The molecule has 0 heteroatoms. The van der Waals surface area contributed by atoms with Gasteiger partial charge in [0.1, 0.15) is 0 Å². The van der Waals surface area contributed by atoms with E-state index >= 15 is 0 Å². The molecule has 14 rings (SSSR count). The summed E-state index contributed by atoms with van der Waals surface area (Å²) in [4.78, 5) is 0. The van der Waals surface area contributed by atoms with E-state index in [2.05, 4.69) is 30.3 Å². The van der Waals surface area contributed by atoms with Gasteiger partial charge >= 0.3 is 0 Å². The van der Waals surface area contributed by atoms with Gasteiger partial charge in [-0.15, -0.1) is 0 Å². The Kier molecular flexibility index (Phi) is 1.08. The van der Waals surface area contributed by atoms with Crippen molar-refractivity contribution in [2.45, 2.75) is 5.92 Å². The van der Waals surface area contributed by atoms with Crippen LogP contribution in [-0.4, -0.2) is 0 Å². The summed E-state index contributed by atoms with van der Waals surface area (Å²) in [6.07, 6.45) is 0. The molecule has 13 fully saturated rings. The zero-order valence-corrected chi connectivity index (χ0v) is 15.4. The Labute approximate surface area is 159 Å². The zero-order valence-electron chi connectivity index (χ0n) is 15.4. The highest BCUT2D eigenvalue weighted by Crippen LogP contribution is 3.15. The van der Waals surface area contributed by atoms with Crippen LogP contribution in [0.5, 0.6) is 0 Å². The molecule has 0 bridgehead atoms. The number of hydrogen-bond acceptors (Lipinski definition) is 0. The Balaban J connectivity index is 1.27. The monoisotopic (exact) mass is 348 g/mol. The van der Waals surface area contributed by atoms with E-state index in [1.807, 2.05) is 5.56 Å². The molecule has 1 aromatic rings. The van der Waals surface area contributed by atoms with E-state index in [0.29, 0.717) is 0 Å². The molecule has 132 valence electrons. The third-order valence-corrected chi connectivity index (χ3v) is 15.8. The first-order valence-corrected chi connectivity index (χ1v) is 12.5. The van der Waals surface area contributed by atoms with Crippen molar-refractivity contribution < 1.29 is 0 Å². The van der Waals surface area contributed by atoms with Crippen molar-refractivity contribution in [3.63, 3.8) is 0 Å². The third kappa shape index (κ3) is 0.572. The van der Waals surface area contributed by atoms with Crippen molar-refractivity contribution in [3.05, 3.63) is 35.9 Å². The van der Waals surface area contributed by atoms with E-state index in [4.69, 9.17) is 0 Å². The summed E-state index contributed by atoms with van der Waals surface area (Å²) in [6, 6.07) is 12.2. The van der Waals surface area contributed by atoms with Crippen molar-refractivity contribution in [1.29, 1.82) is 0 Å². The molecule has 0 aromatic heterocycles. The Hall–Kier alpha value is -0.780. The highest BCUT2D eigenvalue weighted by atomic mass is 15.1. The maximum atomic E-state index is 2.57. The molecule has 13 saturated carbocycles. The summed E-state index contributed by atoms with van der Waals surface area (Å²) in [5.41, 5.74) is 3.55. The first-order chi connectivity index (χ1) is 13.5. The van der Waals surface area contributed by atoms with Crippen LogP contribution < -0.4 is 0 Å². The van der Waals surface area contributed by atoms with Crippen LogP contribution in [0.15, 0.2) is 30.3 Å². The van der Waals surface area contributed by atoms with Crippen molar-refractivity contribution in [2.24, 2.45) is 117 Å². The third-order valence-electron chi connectivity index (χ3n) is 15.8. The van der Waals surface area contributed by atoms with Gasteiger partial charge in [-0.2, -0.15) is 0 Å². The number of benzene rings is 1. The van der Waals surface area contributed by atoms with Crippen molar-refractivity contribution in [3.8, 4) is 0 Å². The second-order valence-electron chi connectivity index (χ2n) is 13.9. The van der Waals surface area contributed by atoms with Crippen LogP contribution in [0.1, 0.15) is 11.5 Å². The molecule has 0 amide bonds. The fourth-order valence-corrected chi connectivity index (χ4v) is 18.2. The number of rotatable bonds is 1. The molecule has 0 radical (unpaired) electrons. The molecule has 27 heavy (non-hydrogen) atoms. The zero-order chi connectivity index (χ0) is 16.1. The van der Waals surface area contributed by atoms with Gasteiger partial charge in [-0.1, -0.05) is 30.3 Å². The Bertz CT molecular complexity index is 956. The highest BCUT2D eigenvalue weighted by molar-refractivity contribution is 5.61. The predicted octanol–water partition coefficient (Wildman–Crippen LogP) is 4.00. The average Bonchev–Trinajstić information content (AvgIpc) is 3.35. The molecule has 13 aliphatic rings. The van der Waals surface area contributed by atoms with Crippen LogP contribution in [0.4, 0.5) is 0 Å². The molecular formula is C27H24. The van der Waals surface area contributed by atoms with E-state index in [-0.39, 0.29) is 0 Å². The lowest BCUT2D eigenvalue weighted by Crippen LogP contribution is -2.32. The number of hydrogen-bond donors (Lipinski definition) is 0. The normalized spacial score (nSPS) is 92.4. The van der Waals surface area contributed by atoms with Gasteiger partial charge in [-0.3, -0.25) is 0 Å². The van der Waals surface area contributed by atoms with Crippen LogP contribution in [0.3, 0.4) is 0 Å². The van der Waals surface area contributed by atoms with Gasteiger partial charge in [0.25, 0.3) is 0 Å². The minimum Gasteiger partial charge on any atom is -0.0622 e. The van der Waals surface area contributed by atoms with Gasteiger partial charge in [0, 0.05) is 0 Å². The summed E-state index contributed by atoms with van der Waals surface area (Å²) in [6.45, 7) is 0. The van der Waals surface area contributed by atoms with Gasteiger partial charge in [-0.25, -0.2) is 0 Å². The minimum absolute atomic E-state index is 0.868. The molecule has 2 spiro atoms. The van der Waals surface area contributed by atoms with Gasteiger partial charge in [0.05, 0.1) is 0 Å². The smallest absolute Gasteiger partial charge is 0.00258 e. The van der Waals surface area contributed by atoms with Crippen molar-refractivity contribution in [1.82, 2.24) is 0 Å². The molecule has 1 aromatic carbocycles. The predicted molar refractivity (Wildman–Crippen MR) is 96.9 cm³/mol. The Morgan fingerprint density at radius 3 is 1.22 bits per heavy atom. The van der Waals surface area contributed by atoms with Crippen LogP contribution in [-0.2, 0) is 0 Å². The molecule has 0 aliphatic heterocycles. The molecular weight excluding hydrogens is 324 g/mol. The van der Waals surface area contributed by atoms with E-state index in [1.54, 1.807) is 0 Å². The Morgan fingerprint density at radius 2 is 0.778 bits per heavy atom. The quantitative estimate of drug-likeness (QED) is 0.720. The van der Waals surface area contributed by atoms with Gasteiger partial charge in [0.2, 0.25) is 0 Å². The summed E-state index contributed by atoms with van der Waals surface area (Å²) < 4.78 is 0. The van der Waals surface area contributed by atoms with Crippen LogP contribution in [0, 0.1) is 117 Å². The fraction of sp³-hybridized carbons (Fsp3) is 0.778. The lowest BCUT2D eigenvalue weighted by Gasteiger charge is -2.36. The maximum Gasteiger partial charge on any atom is -0.00258 e. The largest absolute Gasteiger partial charge is 0.0622 e. The minimum atomic E-state index is 0.868. The summed E-state index contributed by atoms with van der Waals surface area (Å²) in [7, 11) is 0. The van der Waals surface area contributed by atoms with Crippen LogP contribution in [0.2, 0.25) is 0 Å². The lowest BCUT2D eigenvalue weighted by molar-refractivity contribution is 0.131. The average molecular weight is 348 g/mol. The highest BCUT2D eigenvalue weighted by Gasteiger charge is 3.11.